The van der Waals surface area contributed by atoms with Gasteiger partial charge in [0.1, 0.15) is 0 Å². The van der Waals surface area contributed by atoms with E-state index in [0.29, 0.717) is 12.8 Å². The maximum atomic E-state index is 12.3. The average Bonchev–Trinajstić information content (AvgIpc) is 3.18. The zero-order chi connectivity index (χ0) is 46.2. The van der Waals surface area contributed by atoms with E-state index >= 15 is 0 Å². The molecule has 6 rings (SSSR count). The first kappa shape index (κ1) is 53.1. The van der Waals surface area contributed by atoms with Crippen molar-refractivity contribution in [2.24, 2.45) is 11.8 Å². The molecule has 4 aromatic carbocycles. The van der Waals surface area contributed by atoms with Crippen LogP contribution in [0.3, 0.4) is 0 Å². The second-order valence-electron chi connectivity index (χ2n) is 18.6. The van der Waals surface area contributed by atoms with Crippen LogP contribution >= 0.6 is 0 Å². The van der Waals surface area contributed by atoms with Crippen molar-refractivity contribution in [1.82, 2.24) is 9.97 Å². The Balaban J connectivity index is 0.000000252. The van der Waals surface area contributed by atoms with Gasteiger partial charge in [0.15, 0.2) is 5.78 Å². The minimum Gasteiger partial charge on any atom is -0.512 e. The molecule has 339 valence electrons. The summed E-state index contributed by atoms with van der Waals surface area (Å²) in [5.74, 6) is -2.00. The number of aromatic nitrogens is 2. The van der Waals surface area contributed by atoms with E-state index in [4.69, 9.17) is 0 Å². The Hall–Kier alpha value is -4.22. The number of carbonyl (C=O) groups excluding carboxylic acids is 1. The van der Waals surface area contributed by atoms with Gasteiger partial charge in [0.05, 0.1) is 28.3 Å². The Labute approximate surface area is 390 Å². The SMILES string of the molecule is CCC(CC)C(=O)/C=C(\O)C(CC)CC(F)(F)F.Cc1[c-]c(-c2nccc3cc([Si](C)(C)C)ccc23)cc(C)c1.Cc1[c-]c(-c2nccc3cc([Si](C)(C)C)ccc23)cc(C)c1.[Ir]. The summed E-state index contributed by atoms with van der Waals surface area (Å²) in [5.41, 5.74) is 9.07. The number of nitrogens with zero attached hydrogens (tertiary/aromatic N) is 2. The predicted octanol–water partition coefficient (Wildman–Crippen LogP) is 14.1. The molecule has 2 aromatic heterocycles. The first-order valence-corrected chi connectivity index (χ1v) is 28.8. The number of fused-ring (bicyclic) bond motifs is 2. The molecular formula is C53H65F3IrN2O2Si2-2. The number of halogens is 3. The normalized spacial score (nSPS) is 12.6. The molecule has 0 fully saturated rings. The fourth-order valence-electron chi connectivity index (χ4n) is 7.57. The molecule has 0 aliphatic heterocycles. The summed E-state index contributed by atoms with van der Waals surface area (Å²) in [7, 11) is -2.59. The largest absolute Gasteiger partial charge is 0.512 e. The van der Waals surface area contributed by atoms with Crippen molar-refractivity contribution in [2.45, 2.75) is 120 Å². The zero-order valence-corrected chi connectivity index (χ0v) is 43.8. The number of aliphatic hydroxyl groups excluding tert-OH is 1. The third-order valence-corrected chi connectivity index (χ3v) is 15.2. The van der Waals surface area contributed by atoms with Crippen LogP contribution in [-0.2, 0) is 24.9 Å². The maximum absolute atomic E-state index is 12.3. The van der Waals surface area contributed by atoms with Gasteiger partial charge in [-0.05, 0) is 64.3 Å². The Morgan fingerprint density at radius 2 is 1.05 bits per heavy atom. The smallest absolute Gasteiger partial charge is 0.389 e. The van der Waals surface area contributed by atoms with Gasteiger partial charge >= 0.3 is 6.18 Å². The van der Waals surface area contributed by atoms with Crippen LogP contribution in [0, 0.1) is 51.7 Å². The van der Waals surface area contributed by atoms with Crippen molar-refractivity contribution in [3.63, 3.8) is 0 Å². The van der Waals surface area contributed by atoms with E-state index in [9.17, 15) is 23.1 Å². The molecule has 1 radical (unpaired) electrons. The van der Waals surface area contributed by atoms with Gasteiger partial charge in [-0.1, -0.05) is 135 Å². The summed E-state index contributed by atoms with van der Waals surface area (Å²) < 4.78 is 36.8. The van der Waals surface area contributed by atoms with Crippen LogP contribution in [0.25, 0.3) is 44.1 Å². The number of hydrogen-bond donors (Lipinski definition) is 1. The number of aliphatic hydroxyl groups is 1. The number of benzene rings is 4. The van der Waals surface area contributed by atoms with E-state index in [0.717, 1.165) is 39.7 Å². The minimum atomic E-state index is -4.33. The van der Waals surface area contributed by atoms with Crippen molar-refractivity contribution in [1.29, 1.82) is 0 Å². The molecule has 0 bridgehead atoms. The fraction of sp³-hybridized carbons (Fsp3) is 0.377. The fourth-order valence-corrected chi connectivity index (χ4v) is 9.92. The summed E-state index contributed by atoms with van der Waals surface area (Å²) in [6, 6.07) is 33.5. The van der Waals surface area contributed by atoms with Crippen molar-refractivity contribution < 1.29 is 43.2 Å². The summed E-state index contributed by atoms with van der Waals surface area (Å²) in [6.07, 6.45) is 0.761. The molecule has 0 spiro atoms. The molecule has 0 saturated heterocycles. The van der Waals surface area contributed by atoms with Crippen LogP contribution < -0.4 is 10.4 Å². The van der Waals surface area contributed by atoms with Gasteiger partial charge < -0.3 is 15.1 Å². The van der Waals surface area contributed by atoms with Gasteiger partial charge in [-0.3, -0.25) is 4.79 Å². The molecule has 6 aromatic rings. The molecule has 0 saturated carbocycles. The number of allylic oxidation sites excluding steroid dienone is 2. The van der Waals surface area contributed by atoms with E-state index < -0.39 is 40.4 Å². The molecule has 0 amide bonds. The van der Waals surface area contributed by atoms with Gasteiger partial charge in [0.25, 0.3) is 0 Å². The third-order valence-electron chi connectivity index (χ3n) is 11.1. The van der Waals surface area contributed by atoms with Gasteiger partial charge in [-0.15, -0.1) is 69.8 Å². The van der Waals surface area contributed by atoms with Gasteiger partial charge in [0.2, 0.25) is 0 Å². The van der Waals surface area contributed by atoms with Crippen LogP contribution in [0.5, 0.6) is 0 Å². The Bertz CT molecular complexity index is 2330. The first-order valence-electron chi connectivity index (χ1n) is 21.8. The number of carbonyl (C=O) groups is 1. The van der Waals surface area contributed by atoms with E-state index in [2.05, 4.69) is 162 Å². The van der Waals surface area contributed by atoms with Gasteiger partial charge in [0, 0.05) is 50.4 Å². The van der Waals surface area contributed by atoms with Crippen LogP contribution in [0.4, 0.5) is 13.2 Å². The van der Waals surface area contributed by atoms with Crippen molar-refractivity contribution in [2.75, 3.05) is 0 Å². The van der Waals surface area contributed by atoms with Crippen molar-refractivity contribution >= 4 is 53.8 Å². The molecule has 1 unspecified atom stereocenters. The van der Waals surface area contributed by atoms with E-state index in [1.54, 1.807) is 6.92 Å². The number of hydrogen-bond acceptors (Lipinski definition) is 4. The number of rotatable bonds is 11. The van der Waals surface area contributed by atoms with E-state index in [1.807, 2.05) is 26.2 Å². The monoisotopic (exact) mass is 1070 g/mol. The zero-order valence-electron chi connectivity index (χ0n) is 39.4. The Kier molecular flexibility index (Phi) is 19.1. The quantitative estimate of drug-likeness (QED) is 0.0608. The number of ketones is 1. The van der Waals surface area contributed by atoms with Crippen LogP contribution in [-0.4, -0.2) is 43.2 Å². The number of pyridine rings is 2. The van der Waals surface area contributed by atoms with Crippen molar-refractivity contribution in [3.05, 3.63) is 131 Å². The topological polar surface area (TPSA) is 63.1 Å². The predicted molar refractivity (Wildman–Crippen MR) is 261 cm³/mol. The third kappa shape index (κ3) is 15.2. The molecule has 4 nitrogen and oxygen atoms in total. The summed E-state index contributed by atoms with van der Waals surface area (Å²) in [6.45, 7) is 28.0. The van der Waals surface area contributed by atoms with E-state index in [-0.39, 0.29) is 38.2 Å². The van der Waals surface area contributed by atoms with Crippen LogP contribution in [0.15, 0.2) is 97.0 Å². The second kappa shape index (κ2) is 22.6. The van der Waals surface area contributed by atoms with Gasteiger partial charge in [-0.25, -0.2) is 0 Å². The van der Waals surface area contributed by atoms with Crippen LogP contribution in [0.1, 0.15) is 68.7 Å². The Morgan fingerprint density at radius 3 is 1.38 bits per heavy atom. The van der Waals surface area contributed by atoms with E-state index in [1.165, 1.54) is 43.0 Å². The second-order valence-corrected chi connectivity index (χ2v) is 28.8. The molecule has 0 aliphatic rings. The van der Waals surface area contributed by atoms with Crippen molar-refractivity contribution in [3.8, 4) is 22.5 Å². The molecule has 1 atom stereocenters. The van der Waals surface area contributed by atoms with Crippen LogP contribution in [0.2, 0.25) is 39.3 Å². The Morgan fingerprint density at radius 1 is 0.651 bits per heavy atom. The molecule has 1 N–H and O–H groups in total. The standard InChI is InChI=1S/2C20H22NSi.C13H21F3O2.Ir/c2*1-14-10-15(2)12-17(11-14)20-19-7-6-18(22(3,4)5)13-16(19)8-9-21-20;1-4-9(5-2)11(17)7-12(18)10(6-3)8-13(14,15)16;/h2*6-11,13H,1-5H3;7,9-10,18H,4-6,8H2,1-3H3;/q2*-1;;/b;;12-7-;. The molecular weight excluding hydrogens is 1000 g/mol. The summed E-state index contributed by atoms with van der Waals surface area (Å²) >= 11 is 0. The molecule has 0 aliphatic carbocycles. The first-order chi connectivity index (χ1) is 28.9. The molecule has 10 heteroatoms. The minimum absolute atomic E-state index is 0. The summed E-state index contributed by atoms with van der Waals surface area (Å²) in [4.78, 5) is 20.9. The maximum Gasteiger partial charge on any atom is 0.389 e. The molecule has 2 heterocycles. The van der Waals surface area contributed by atoms with Gasteiger partial charge in [-0.2, -0.15) is 13.2 Å². The number of alkyl halides is 3. The molecule has 63 heavy (non-hydrogen) atoms. The number of aryl methyl sites for hydroxylation is 4. The average molecular weight is 1070 g/mol. The summed E-state index contributed by atoms with van der Waals surface area (Å²) in [5, 5.41) is 17.6.